The Bertz CT molecular complexity index is 468. The molecule has 1 aromatic rings. The third-order valence-electron chi connectivity index (χ3n) is 4.40. The molecule has 0 aromatic heterocycles. The molecule has 1 aliphatic carbocycles. The Labute approximate surface area is 128 Å². The van der Waals surface area contributed by atoms with Crippen molar-refractivity contribution in [3.05, 3.63) is 33.8 Å². The van der Waals surface area contributed by atoms with Crippen LogP contribution in [-0.2, 0) is 0 Å². The highest BCUT2D eigenvalue weighted by Gasteiger charge is 2.31. The normalized spacial score (nSPS) is 28.4. The van der Waals surface area contributed by atoms with Crippen molar-refractivity contribution in [1.29, 1.82) is 0 Å². The number of benzene rings is 1. The molecule has 3 atom stereocenters. The van der Waals surface area contributed by atoms with Crippen molar-refractivity contribution in [3.8, 4) is 0 Å². The fourth-order valence-corrected chi connectivity index (χ4v) is 4.28. The predicted molar refractivity (Wildman–Crippen MR) is 81.5 cm³/mol. The lowest BCUT2D eigenvalue weighted by Gasteiger charge is -2.37. The maximum atomic E-state index is 13.8. The number of halogens is 3. The van der Waals surface area contributed by atoms with Crippen LogP contribution < -0.4 is 5.32 Å². The van der Waals surface area contributed by atoms with Crippen LogP contribution in [0.2, 0.25) is 0 Å². The van der Waals surface area contributed by atoms with Crippen molar-refractivity contribution in [2.24, 2.45) is 17.8 Å². The van der Waals surface area contributed by atoms with E-state index < -0.39 is 11.6 Å². The van der Waals surface area contributed by atoms with Crippen LogP contribution in [0.15, 0.2) is 16.6 Å². The van der Waals surface area contributed by atoms with E-state index in [0.717, 1.165) is 18.4 Å². The highest BCUT2D eigenvalue weighted by atomic mass is 79.9. The molecule has 0 bridgehead atoms. The lowest BCUT2D eigenvalue weighted by molar-refractivity contribution is 0.180. The van der Waals surface area contributed by atoms with Crippen LogP contribution in [0.1, 0.15) is 44.7 Å². The summed E-state index contributed by atoms with van der Waals surface area (Å²) < 4.78 is 27.3. The zero-order valence-electron chi connectivity index (χ0n) is 12.2. The van der Waals surface area contributed by atoms with E-state index in [9.17, 15) is 8.78 Å². The quantitative estimate of drug-likeness (QED) is 0.755. The van der Waals surface area contributed by atoms with Crippen molar-refractivity contribution < 1.29 is 8.78 Å². The largest absolute Gasteiger partial charge is 0.313 e. The second-order valence-corrected chi connectivity index (χ2v) is 7.00. The summed E-state index contributed by atoms with van der Waals surface area (Å²) in [5.41, 5.74) is 0.817. The van der Waals surface area contributed by atoms with Crippen molar-refractivity contribution in [3.63, 3.8) is 0 Å². The van der Waals surface area contributed by atoms with Crippen LogP contribution in [0.25, 0.3) is 0 Å². The van der Waals surface area contributed by atoms with Crippen LogP contribution in [0, 0.1) is 29.4 Å². The molecule has 4 heteroatoms. The van der Waals surface area contributed by atoms with Crippen molar-refractivity contribution >= 4 is 15.9 Å². The van der Waals surface area contributed by atoms with Gasteiger partial charge in [-0.2, -0.15) is 0 Å². The molecule has 0 amide bonds. The van der Waals surface area contributed by atoms with E-state index in [1.807, 2.05) is 7.05 Å². The first-order valence-corrected chi connectivity index (χ1v) is 8.04. The molecule has 3 unspecified atom stereocenters. The van der Waals surface area contributed by atoms with Gasteiger partial charge in [0, 0.05) is 6.04 Å². The predicted octanol–water partition coefficient (Wildman–Crippen LogP) is 5.06. The number of rotatable bonds is 3. The standard InChI is InChI=1S/C16H22BrF2N/c1-9-6-10(2)8-11(7-9)16(20-3)12-4-5-13(18)15(19)14(12)17/h4-5,9-11,16,20H,6-8H2,1-3H3. The third kappa shape index (κ3) is 3.22. The zero-order chi connectivity index (χ0) is 14.9. The summed E-state index contributed by atoms with van der Waals surface area (Å²) in [7, 11) is 1.89. The first-order valence-electron chi connectivity index (χ1n) is 7.24. The zero-order valence-corrected chi connectivity index (χ0v) is 13.8. The van der Waals surface area contributed by atoms with Gasteiger partial charge in [-0.25, -0.2) is 8.78 Å². The molecular formula is C16H22BrF2N. The van der Waals surface area contributed by atoms with E-state index in [-0.39, 0.29) is 10.5 Å². The van der Waals surface area contributed by atoms with E-state index in [0.29, 0.717) is 17.8 Å². The molecule has 1 aliphatic rings. The number of hydrogen-bond acceptors (Lipinski definition) is 1. The van der Waals surface area contributed by atoms with E-state index in [2.05, 4.69) is 35.1 Å². The molecule has 2 rings (SSSR count). The Balaban J connectivity index is 2.30. The van der Waals surface area contributed by atoms with Gasteiger partial charge >= 0.3 is 0 Å². The Morgan fingerprint density at radius 2 is 1.75 bits per heavy atom. The summed E-state index contributed by atoms with van der Waals surface area (Å²) in [4.78, 5) is 0. The van der Waals surface area contributed by atoms with Gasteiger partial charge < -0.3 is 5.32 Å². The molecule has 0 spiro atoms. The van der Waals surface area contributed by atoms with E-state index in [4.69, 9.17) is 0 Å². The van der Waals surface area contributed by atoms with Gasteiger partial charge in [0.25, 0.3) is 0 Å². The highest BCUT2D eigenvalue weighted by Crippen LogP contribution is 2.41. The highest BCUT2D eigenvalue weighted by molar-refractivity contribution is 9.10. The molecule has 0 saturated heterocycles. The van der Waals surface area contributed by atoms with Crippen LogP contribution >= 0.6 is 15.9 Å². The molecule has 1 saturated carbocycles. The van der Waals surface area contributed by atoms with Crippen LogP contribution in [0.4, 0.5) is 8.78 Å². The average Bonchev–Trinajstić information content (AvgIpc) is 2.38. The molecule has 0 aliphatic heterocycles. The molecular weight excluding hydrogens is 324 g/mol. The monoisotopic (exact) mass is 345 g/mol. The topological polar surface area (TPSA) is 12.0 Å². The second kappa shape index (κ2) is 6.52. The summed E-state index contributed by atoms with van der Waals surface area (Å²) in [6, 6.07) is 2.97. The lowest BCUT2D eigenvalue weighted by Crippen LogP contribution is -2.31. The van der Waals surface area contributed by atoms with E-state index in [1.54, 1.807) is 6.07 Å². The fourth-order valence-electron chi connectivity index (χ4n) is 3.71. The summed E-state index contributed by atoms with van der Waals surface area (Å²) >= 11 is 3.21. The molecule has 0 radical (unpaired) electrons. The van der Waals surface area contributed by atoms with Gasteiger partial charge in [-0.05, 0) is 71.6 Å². The molecule has 1 aromatic carbocycles. The first-order chi connectivity index (χ1) is 9.43. The van der Waals surface area contributed by atoms with Gasteiger partial charge in [0.05, 0.1) is 4.47 Å². The number of nitrogens with one attached hydrogen (secondary N) is 1. The first kappa shape index (κ1) is 15.9. The Hall–Kier alpha value is -0.480. The fraction of sp³-hybridized carbons (Fsp3) is 0.625. The molecule has 20 heavy (non-hydrogen) atoms. The molecule has 1 fully saturated rings. The molecule has 1 nitrogen and oxygen atoms in total. The lowest BCUT2D eigenvalue weighted by atomic mass is 9.72. The maximum Gasteiger partial charge on any atom is 0.173 e. The second-order valence-electron chi connectivity index (χ2n) is 6.21. The number of hydrogen-bond donors (Lipinski definition) is 1. The summed E-state index contributed by atoms with van der Waals surface area (Å²) in [5, 5.41) is 3.30. The van der Waals surface area contributed by atoms with Crippen molar-refractivity contribution in [1.82, 2.24) is 5.32 Å². The SMILES string of the molecule is CNC(c1ccc(F)c(F)c1Br)C1CC(C)CC(C)C1. The van der Waals surface area contributed by atoms with Crippen LogP contribution in [0.5, 0.6) is 0 Å². The summed E-state index contributed by atoms with van der Waals surface area (Å²) in [6.07, 6.45) is 3.51. The average molecular weight is 346 g/mol. The molecule has 112 valence electrons. The maximum absolute atomic E-state index is 13.8. The van der Waals surface area contributed by atoms with Crippen LogP contribution in [0.3, 0.4) is 0 Å². The minimum Gasteiger partial charge on any atom is -0.313 e. The van der Waals surface area contributed by atoms with Gasteiger partial charge in [-0.1, -0.05) is 19.9 Å². The van der Waals surface area contributed by atoms with Gasteiger partial charge in [-0.15, -0.1) is 0 Å². The third-order valence-corrected chi connectivity index (χ3v) is 5.20. The Morgan fingerprint density at radius 3 is 2.30 bits per heavy atom. The molecule has 1 N–H and O–H groups in total. The van der Waals surface area contributed by atoms with Gasteiger partial charge in [0.15, 0.2) is 11.6 Å². The van der Waals surface area contributed by atoms with E-state index >= 15 is 0 Å². The Kier molecular flexibility index (Phi) is 5.19. The van der Waals surface area contributed by atoms with Gasteiger partial charge in [0.1, 0.15) is 0 Å². The Morgan fingerprint density at radius 1 is 1.15 bits per heavy atom. The van der Waals surface area contributed by atoms with Gasteiger partial charge in [0.2, 0.25) is 0 Å². The smallest absolute Gasteiger partial charge is 0.173 e. The summed E-state index contributed by atoms with van der Waals surface area (Å²) in [5.74, 6) is 0.229. The van der Waals surface area contributed by atoms with Crippen molar-refractivity contribution in [2.45, 2.75) is 39.2 Å². The molecule has 0 heterocycles. The van der Waals surface area contributed by atoms with Crippen LogP contribution in [-0.4, -0.2) is 7.05 Å². The minimum atomic E-state index is -0.805. The van der Waals surface area contributed by atoms with Crippen molar-refractivity contribution in [2.75, 3.05) is 7.05 Å². The minimum absolute atomic E-state index is 0.0599. The summed E-state index contributed by atoms with van der Waals surface area (Å²) in [6.45, 7) is 4.55. The van der Waals surface area contributed by atoms with Gasteiger partial charge in [-0.3, -0.25) is 0 Å². The van der Waals surface area contributed by atoms with E-state index in [1.165, 1.54) is 12.5 Å².